The topological polar surface area (TPSA) is 107 Å². The van der Waals surface area contributed by atoms with E-state index in [1.54, 1.807) is 12.3 Å². The van der Waals surface area contributed by atoms with Gasteiger partial charge < -0.3 is 11.1 Å². The lowest BCUT2D eigenvalue weighted by Gasteiger charge is -2.04. The van der Waals surface area contributed by atoms with Crippen LogP contribution in [0.15, 0.2) is 40.5 Å². The molecule has 2 aromatic heterocycles. The molecule has 0 aliphatic heterocycles. The lowest BCUT2D eigenvalue weighted by Crippen LogP contribution is -2.14. The molecule has 3 N–H and O–H groups in total. The lowest BCUT2D eigenvalue weighted by molar-refractivity contribution is 0.101. The highest BCUT2D eigenvalue weighted by Gasteiger charge is 2.16. The molecule has 1 amide bonds. The molecule has 7 nitrogen and oxygen atoms in total. The number of hydrogen-bond acceptors (Lipinski definition) is 7. The Balaban J connectivity index is 1.83. The molecule has 8 heteroatoms. The third-order valence-corrected chi connectivity index (χ3v) is 3.35. The van der Waals surface area contributed by atoms with Crippen LogP contribution < -0.4 is 11.1 Å². The van der Waals surface area contributed by atoms with Crippen molar-refractivity contribution in [3.63, 3.8) is 0 Å². The number of amides is 1. The van der Waals surface area contributed by atoms with Crippen LogP contribution in [-0.2, 0) is 0 Å². The molecule has 3 rings (SSSR count). The number of thiazole rings is 1. The van der Waals surface area contributed by atoms with Gasteiger partial charge in [0.1, 0.15) is 5.01 Å². The molecule has 2 heterocycles. The maximum atomic E-state index is 11.9. The number of nitrogens with zero attached hydrogens (tertiary/aromatic N) is 3. The normalized spacial score (nSPS) is 10.4. The maximum Gasteiger partial charge on any atom is 0.281 e. The zero-order valence-corrected chi connectivity index (χ0v) is 10.9. The van der Waals surface area contributed by atoms with Crippen molar-refractivity contribution < 1.29 is 9.42 Å². The van der Waals surface area contributed by atoms with Crippen LogP contribution in [0, 0.1) is 0 Å². The Morgan fingerprint density at radius 2 is 2.25 bits per heavy atom. The summed E-state index contributed by atoms with van der Waals surface area (Å²) in [6.45, 7) is 0. The van der Waals surface area contributed by atoms with Gasteiger partial charge in [-0.1, -0.05) is 12.1 Å². The van der Waals surface area contributed by atoms with Gasteiger partial charge in [0.15, 0.2) is 0 Å². The monoisotopic (exact) mass is 287 g/mol. The highest BCUT2D eigenvalue weighted by atomic mass is 32.1. The van der Waals surface area contributed by atoms with Crippen LogP contribution in [0.3, 0.4) is 0 Å². The van der Waals surface area contributed by atoms with E-state index in [2.05, 4.69) is 25.2 Å². The summed E-state index contributed by atoms with van der Waals surface area (Å²) in [5, 5.41) is 12.3. The van der Waals surface area contributed by atoms with Crippen LogP contribution in [0.5, 0.6) is 0 Å². The van der Waals surface area contributed by atoms with E-state index in [1.807, 2.05) is 23.6 Å². The molecule has 0 aliphatic carbocycles. The Morgan fingerprint density at radius 1 is 1.35 bits per heavy atom. The minimum absolute atomic E-state index is 0.0374. The van der Waals surface area contributed by atoms with Gasteiger partial charge in [-0.05, 0) is 22.4 Å². The van der Waals surface area contributed by atoms with Crippen molar-refractivity contribution >= 4 is 28.7 Å². The lowest BCUT2D eigenvalue weighted by atomic mass is 10.2. The van der Waals surface area contributed by atoms with E-state index in [0.717, 1.165) is 10.6 Å². The molecule has 20 heavy (non-hydrogen) atoms. The van der Waals surface area contributed by atoms with Gasteiger partial charge in [0, 0.05) is 22.8 Å². The van der Waals surface area contributed by atoms with Crippen molar-refractivity contribution in [1.82, 2.24) is 15.3 Å². The number of carbonyl (C=O) groups excluding carboxylic acids is 1. The highest BCUT2D eigenvalue weighted by molar-refractivity contribution is 7.13. The average molecular weight is 287 g/mol. The van der Waals surface area contributed by atoms with Crippen molar-refractivity contribution in [1.29, 1.82) is 0 Å². The minimum atomic E-state index is -0.472. The van der Waals surface area contributed by atoms with Gasteiger partial charge >= 0.3 is 0 Å². The van der Waals surface area contributed by atoms with Crippen molar-refractivity contribution in [2.45, 2.75) is 0 Å². The number of rotatable bonds is 3. The third-order valence-electron chi connectivity index (χ3n) is 2.53. The van der Waals surface area contributed by atoms with Gasteiger partial charge in [-0.3, -0.25) is 4.79 Å². The van der Waals surface area contributed by atoms with Crippen LogP contribution in [0.1, 0.15) is 10.5 Å². The minimum Gasteiger partial charge on any atom is -0.379 e. The maximum absolute atomic E-state index is 11.9. The molecule has 0 radical (unpaired) electrons. The predicted octanol–water partition coefficient (Wildman–Crippen LogP) is 2.03. The Labute approximate surface area is 117 Å². The van der Waals surface area contributed by atoms with E-state index in [-0.39, 0.29) is 11.5 Å². The van der Waals surface area contributed by atoms with Gasteiger partial charge in [-0.25, -0.2) is 9.61 Å². The predicted molar refractivity (Wildman–Crippen MR) is 74.2 cm³/mol. The standard InChI is InChI=1S/C12H9N5O2S/c13-10-9(16-19-17-10)11(18)15-8-3-1-2-7(6-8)12-14-4-5-20-12/h1-6H,(H2,13,17)(H,15,18). The quantitative estimate of drug-likeness (QED) is 0.763. The fourth-order valence-electron chi connectivity index (χ4n) is 1.64. The second-order valence-corrected chi connectivity index (χ2v) is 4.76. The van der Waals surface area contributed by atoms with E-state index in [1.165, 1.54) is 11.3 Å². The molecule has 100 valence electrons. The van der Waals surface area contributed by atoms with Crippen molar-refractivity contribution in [2.75, 3.05) is 11.1 Å². The van der Waals surface area contributed by atoms with Gasteiger partial charge in [0.05, 0.1) is 0 Å². The van der Waals surface area contributed by atoms with E-state index in [4.69, 9.17) is 5.73 Å². The van der Waals surface area contributed by atoms with Crippen molar-refractivity contribution in [3.8, 4) is 10.6 Å². The molecule has 3 aromatic rings. The largest absolute Gasteiger partial charge is 0.379 e. The zero-order valence-electron chi connectivity index (χ0n) is 10.1. The van der Waals surface area contributed by atoms with Crippen LogP contribution >= 0.6 is 11.3 Å². The summed E-state index contributed by atoms with van der Waals surface area (Å²) >= 11 is 1.52. The first-order valence-electron chi connectivity index (χ1n) is 5.63. The van der Waals surface area contributed by atoms with Gasteiger partial charge in [0.2, 0.25) is 11.5 Å². The summed E-state index contributed by atoms with van der Waals surface area (Å²) in [5.41, 5.74) is 6.96. The number of hydrogen-bond donors (Lipinski definition) is 2. The van der Waals surface area contributed by atoms with Crippen LogP contribution in [0.2, 0.25) is 0 Å². The first-order valence-corrected chi connectivity index (χ1v) is 6.51. The zero-order chi connectivity index (χ0) is 13.9. The van der Waals surface area contributed by atoms with Crippen molar-refractivity contribution in [2.24, 2.45) is 0 Å². The molecule has 1 aromatic carbocycles. The van der Waals surface area contributed by atoms with Gasteiger partial charge in [-0.15, -0.1) is 11.3 Å². The molecule has 0 spiro atoms. The average Bonchev–Trinajstić information content (AvgIpc) is 3.09. The number of nitrogens with two attached hydrogens (primary N) is 1. The van der Waals surface area contributed by atoms with Crippen LogP contribution in [-0.4, -0.2) is 21.2 Å². The van der Waals surface area contributed by atoms with E-state index < -0.39 is 5.91 Å². The number of nitrogen functional groups attached to an aromatic ring is 1. The van der Waals surface area contributed by atoms with Crippen molar-refractivity contribution in [3.05, 3.63) is 41.5 Å². The summed E-state index contributed by atoms with van der Waals surface area (Å²) in [4.78, 5) is 16.1. The summed E-state index contributed by atoms with van der Waals surface area (Å²) < 4.78 is 4.39. The summed E-state index contributed by atoms with van der Waals surface area (Å²) in [5.74, 6) is -0.515. The smallest absolute Gasteiger partial charge is 0.281 e. The summed E-state index contributed by atoms with van der Waals surface area (Å²) in [7, 11) is 0. The fourth-order valence-corrected chi connectivity index (χ4v) is 2.27. The second kappa shape index (κ2) is 5.10. The molecule has 0 unspecified atom stereocenters. The molecule has 0 fully saturated rings. The van der Waals surface area contributed by atoms with E-state index in [0.29, 0.717) is 5.69 Å². The molecule has 0 bridgehead atoms. The highest BCUT2D eigenvalue weighted by Crippen LogP contribution is 2.24. The Morgan fingerprint density at radius 3 is 2.95 bits per heavy atom. The Kier molecular flexibility index (Phi) is 3.13. The van der Waals surface area contributed by atoms with Gasteiger partial charge in [0.25, 0.3) is 5.91 Å². The number of nitrogens with one attached hydrogen (secondary N) is 1. The fraction of sp³-hybridized carbons (Fsp3) is 0. The number of carbonyl (C=O) groups is 1. The Hall–Kier alpha value is -2.74. The number of benzene rings is 1. The molecule has 0 aliphatic rings. The summed E-state index contributed by atoms with van der Waals surface area (Å²) in [6.07, 6.45) is 1.73. The Bertz CT molecular complexity index is 738. The first-order chi connectivity index (χ1) is 9.74. The number of aromatic nitrogens is 3. The second-order valence-electron chi connectivity index (χ2n) is 3.87. The van der Waals surface area contributed by atoms with Crippen LogP contribution in [0.4, 0.5) is 11.5 Å². The molecule has 0 saturated heterocycles. The third kappa shape index (κ3) is 2.36. The SMILES string of the molecule is Nc1nonc1C(=O)Nc1cccc(-c2nccs2)c1. The van der Waals surface area contributed by atoms with E-state index >= 15 is 0 Å². The van der Waals surface area contributed by atoms with E-state index in [9.17, 15) is 4.79 Å². The molecule has 0 atom stereocenters. The number of anilines is 2. The molecular weight excluding hydrogens is 278 g/mol. The molecular formula is C12H9N5O2S. The van der Waals surface area contributed by atoms with Gasteiger partial charge in [-0.2, -0.15) is 0 Å². The summed E-state index contributed by atoms with van der Waals surface area (Å²) in [6, 6.07) is 7.33. The first kappa shape index (κ1) is 12.3. The van der Waals surface area contributed by atoms with Crippen LogP contribution in [0.25, 0.3) is 10.6 Å². The molecule has 0 saturated carbocycles.